The van der Waals surface area contributed by atoms with Crippen LogP contribution in [-0.2, 0) is 20.7 Å². The van der Waals surface area contributed by atoms with Crippen LogP contribution in [0.25, 0.3) is 11.1 Å². The lowest BCUT2D eigenvalue weighted by Crippen LogP contribution is -2.28. The first kappa shape index (κ1) is 24.0. The summed E-state index contributed by atoms with van der Waals surface area (Å²) in [6, 6.07) is 21.5. The molecule has 178 valence electrons. The summed E-state index contributed by atoms with van der Waals surface area (Å²) < 4.78 is 16.8. The number of carbonyl (C=O) groups is 1. The van der Waals surface area contributed by atoms with Crippen LogP contribution in [0.2, 0.25) is 0 Å². The Bertz CT molecular complexity index is 1080. The topological polar surface area (TPSA) is 44.8 Å². The minimum atomic E-state index is -0.577. The molecule has 1 atom stereocenters. The van der Waals surface area contributed by atoms with Gasteiger partial charge in [0.05, 0.1) is 13.2 Å². The molecule has 0 fully saturated rings. The summed E-state index contributed by atoms with van der Waals surface area (Å²) in [5, 5.41) is 0. The van der Waals surface area contributed by atoms with Crippen molar-refractivity contribution < 1.29 is 19.0 Å². The normalized spacial score (nSPS) is 13.3. The summed E-state index contributed by atoms with van der Waals surface area (Å²) in [5.74, 6) is 0.869. The first-order valence-electron chi connectivity index (χ1n) is 12.2. The highest BCUT2D eigenvalue weighted by molar-refractivity contribution is 5.79. The van der Waals surface area contributed by atoms with Crippen molar-refractivity contribution in [1.29, 1.82) is 0 Å². The molecule has 0 bridgehead atoms. The van der Waals surface area contributed by atoms with Crippen molar-refractivity contribution in [3.63, 3.8) is 0 Å². The number of aryl methyl sites for hydroxylation is 2. The molecule has 3 aromatic rings. The molecule has 0 radical (unpaired) electrons. The highest BCUT2D eigenvalue weighted by atomic mass is 16.6. The van der Waals surface area contributed by atoms with E-state index in [9.17, 15) is 4.79 Å². The Morgan fingerprint density at radius 1 is 0.853 bits per heavy atom. The number of fused-ring (bicyclic) bond motifs is 3. The van der Waals surface area contributed by atoms with Crippen LogP contribution in [0, 0.1) is 13.8 Å². The van der Waals surface area contributed by atoms with Crippen molar-refractivity contribution in [2.75, 3.05) is 19.8 Å². The van der Waals surface area contributed by atoms with Crippen molar-refractivity contribution in [2.24, 2.45) is 0 Å². The predicted octanol–water partition coefficient (Wildman–Crippen LogP) is 6.40. The zero-order valence-corrected chi connectivity index (χ0v) is 20.6. The molecule has 1 unspecified atom stereocenters. The SMILES string of the molecule is CCOC(=O)C(Cc1ccc(OCCC2c3ccc(C)cc3-c3cc(C)ccc32)cc1)OCC. The number of ether oxygens (including phenoxy) is 3. The number of hydrogen-bond donors (Lipinski definition) is 0. The maximum Gasteiger partial charge on any atom is 0.335 e. The van der Waals surface area contributed by atoms with Gasteiger partial charge in [0.1, 0.15) is 5.75 Å². The van der Waals surface area contributed by atoms with E-state index in [0.717, 1.165) is 17.7 Å². The molecule has 1 aliphatic carbocycles. The smallest absolute Gasteiger partial charge is 0.335 e. The van der Waals surface area contributed by atoms with Gasteiger partial charge in [0, 0.05) is 18.9 Å². The van der Waals surface area contributed by atoms with Crippen LogP contribution >= 0.6 is 0 Å². The lowest BCUT2D eigenvalue weighted by atomic mass is 9.93. The molecule has 0 aromatic heterocycles. The number of rotatable bonds is 10. The van der Waals surface area contributed by atoms with Gasteiger partial charge in [0.15, 0.2) is 6.10 Å². The lowest BCUT2D eigenvalue weighted by Gasteiger charge is -2.16. The highest BCUT2D eigenvalue weighted by Crippen LogP contribution is 2.47. The van der Waals surface area contributed by atoms with Crippen molar-refractivity contribution in [3.05, 3.63) is 88.5 Å². The largest absolute Gasteiger partial charge is 0.494 e. The first-order valence-corrected chi connectivity index (χ1v) is 12.2. The van der Waals surface area contributed by atoms with Crippen LogP contribution in [-0.4, -0.2) is 31.9 Å². The molecule has 0 heterocycles. The van der Waals surface area contributed by atoms with E-state index in [1.807, 2.05) is 31.2 Å². The summed E-state index contributed by atoms with van der Waals surface area (Å²) in [5.41, 5.74) is 9.10. The van der Waals surface area contributed by atoms with E-state index < -0.39 is 6.10 Å². The van der Waals surface area contributed by atoms with Gasteiger partial charge in [0.2, 0.25) is 0 Å². The Labute approximate surface area is 202 Å². The monoisotopic (exact) mass is 458 g/mol. The zero-order chi connectivity index (χ0) is 24.1. The standard InChI is InChI=1S/C30H34O4/c1-5-32-29(30(31)33-6-2)19-22-9-11-23(12-10-22)34-16-15-26-24-13-7-20(3)17-27(24)28-18-21(4)8-14-25(26)28/h7-14,17-18,26,29H,5-6,15-16,19H2,1-4H3. The van der Waals surface area contributed by atoms with Crippen LogP contribution < -0.4 is 4.74 Å². The van der Waals surface area contributed by atoms with E-state index in [-0.39, 0.29) is 5.97 Å². The molecule has 0 saturated heterocycles. The van der Waals surface area contributed by atoms with Gasteiger partial charge in [-0.2, -0.15) is 0 Å². The second-order valence-corrected chi connectivity index (χ2v) is 8.92. The Morgan fingerprint density at radius 3 is 2.03 bits per heavy atom. The minimum absolute atomic E-state index is 0.313. The number of esters is 1. The van der Waals surface area contributed by atoms with E-state index in [2.05, 4.69) is 50.2 Å². The first-order chi connectivity index (χ1) is 16.5. The zero-order valence-electron chi connectivity index (χ0n) is 20.6. The summed E-state index contributed by atoms with van der Waals surface area (Å²) >= 11 is 0. The molecular weight excluding hydrogens is 424 g/mol. The molecule has 0 saturated carbocycles. The third-order valence-electron chi connectivity index (χ3n) is 6.40. The second-order valence-electron chi connectivity index (χ2n) is 8.92. The third-order valence-corrected chi connectivity index (χ3v) is 6.40. The van der Waals surface area contributed by atoms with Gasteiger partial charge in [-0.1, -0.05) is 59.7 Å². The van der Waals surface area contributed by atoms with Gasteiger partial charge in [-0.3, -0.25) is 0 Å². The van der Waals surface area contributed by atoms with Crippen molar-refractivity contribution in [1.82, 2.24) is 0 Å². The molecule has 4 nitrogen and oxygen atoms in total. The molecule has 0 amide bonds. The van der Waals surface area contributed by atoms with Crippen LogP contribution in [0.5, 0.6) is 5.75 Å². The fraction of sp³-hybridized carbons (Fsp3) is 0.367. The second kappa shape index (κ2) is 10.9. The summed E-state index contributed by atoms with van der Waals surface area (Å²) in [6.45, 7) is 9.44. The maximum absolute atomic E-state index is 12.1. The van der Waals surface area contributed by atoms with E-state index in [0.29, 0.717) is 32.2 Å². The fourth-order valence-electron chi connectivity index (χ4n) is 4.77. The van der Waals surface area contributed by atoms with E-state index in [4.69, 9.17) is 14.2 Å². The van der Waals surface area contributed by atoms with Crippen LogP contribution in [0.3, 0.4) is 0 Å². The van der Waals surface area contributed by atoms with Gasteiger partial charge in [-0.25, -0.2) is 4.79 Å². The molecule has 4 rings (SSSR count). The molecule has 0 N–H and O–H groups in total. The van der Waals surface area contributed by atoms with Gasteiger partial charge < -0.3 is 14.2 Å². The third kappa shape index (κ3) is 5.34. The average molecular weight is 459 g/mol. The molecule has 0 spiro atoms. The number of benzene rings is 3. The summed E-state index contributed by atoms with van der Waals surface area (Å²) in [6.07, 6.45) is 0.830. The van der Waals surface area contributed by atoms with Crippen molar-refractivity contribution in [2.45, 2.75) is 52.6 Å². The molecule has 34 heavy (non-hydrogen) atoms. The molecule has 0 aliphatic heterocycles. The molecular formula is C30H34O4. The minimum Gasteiger partial charge on any atom is -0.494 e. The van der Waals surface area contributed by atoms with E-state index >= 15 is 0 Å². The fourth-order valence-corrected chi connectivity index (χ4v) is 4.77. The lowest BCUT2D eigenvalue weighted by molar-refractivity contribution is -0.156. The molecule has 3 aromatic carbocycles. The maximum atomic E-state index is 12.1. The summed E-state index contributed by atoms with van der Waals surface area (Å²) in [4.78, 5) is 12.1. The summed E-state index contributed by atoms with van der Waals surface area (Å²) in [7, 11) is 0. The number of hydrogen-bond acceptors (Lipinski definition) is 4. The molecule has 4 heteroatoms. The van der Waals surface area contributed by atoms with Gasteiger partial charge >= 0.3 is 5.97 Å². The van der Waals surface area contributed by atoms with Gasteiger partial charge in [-0.05, 0) is 74.1 Å². The highest BCUT2D eigenvalue weighted by Gasteiger charge is 2.28. The Morgan fingerprint density at radius 2 is 1.47 bits per heavy atom. The quantitative estimate of drug-likeness (QED) is 0.330. The molecule has 1 aliphatic rings. The van der Waals surface area contributed by atoms with Crippen LogP contribution in [0.4, 0.5) is 0 Å². The van der Waals surface area contributed by atoms with Crippen LogP contribution in [0.1, 0.15) is 54.0 Å². The Hall–Kier alpha value is -3.11. The van der Waals surface area contributed by atoms with Crippen LogP contribution in [0.15, 0.2) is 60.7 Å². The van der Waals surface area contributed by atoms with Crippen molar-refractivity contribution in [3.8, 4) is 16.9 Å². The van der Waals surface area contributed by atoms with Gasteiger partial charge in [0.25, 0.3) is 0 Å². The van der Waals surface area contributed by atoms with E-state index in [1.54, 1.807) is 6.92 Å². The Kier molecular flexibility index (Phi) is 7.69. The van der Waals surface area contributed by atoms with Crippen molar-refractivity contribution >= 4 is 5.97 Å². The predicted molar refractivity (Wildman–Crippen MR) is 135 cm³/mol. The number of carbonyl (C=O) groups excluding carboxylic acids is 1. The average Bonchev–Trinajstić information content (AvgIpc) is 3.12. The Balaban J connectivity index is 1.39. The van der Waals surface area contributed by atoms with Gasteiger partial charge in [-0.15, -0.1) is 0 Å². The van der Waals surface area contributed by atoms with E-state index in [1.165, 1.54) is 33.4 Å².